The third-order valence-electron chi connectivity index (χ3n) is 6.67. The molecule has 5 rings (SSSR count). The van der Waals surface area contributed by atoms with Crippen LogP contribution in [-0.2, 0) is 16.9 Å². The fraction of sp³-hybridized carbons (Fsp3) is 0.240. The Labute approximate surface area is 216 Å². The maximum Gasteiger partial charge on any atom is 0.256 e. The van der Waals surface area contributed by atoms with Crippen LogP contribution in [0.3, 0.4) is 0 Å². The topological polar surface area (TPSA) is 93.5 Å². The van der Waals surface area contributed by atoms with E-state index in [1.165, 1.54) is 0 Å². The van der Waals surface area contributed by atoms with Gasteiger partial charge < -0.3 is 10.1 Å². The number of para-hydroxylation sites is 1. The first-order valence-corrected chi connectivity index (χ1v) is 12.0. The van der Waals surface area contributed by atoms with E-state index < -0.39 is 34.4 Å². The Bertz CT molecular complexity index is 1310. The van der Waals surface area contributed by atoms with Gasteiger partial charge in [0.2, 0.25) is 0 Å². The maximum absolute atomic E-state index is 13.2. The second-order valence-corrected chi connectivity index (χ2v) is 9.98. The van der Waals surface area contributed by atoms with Crippen LogP contribution in [0.2, 0.25) is 15.1 Å². The van der Waals surface area contributed by atoms with Crippen molar-refractivity contribution in [2.24, 2.45) is 0 Å². The Morgan fingerprint density at radius 3 is 2.37 bits per heavy atom. The summed E-state index contributed by atoms with van der Waals surface area (Å²) in [5.41, 5.74) is 1.04. The van der Waals surface area contributed by atoms with Gasteiger partial charge in [-0.1, -0.05) is 65.1 Å². The number of fused-ring (bicyclic) bond motifs is 2. The lowest BCUT2D eigenvalue weighted by atomic mass is 9.78. The highest BCUT2D eigenvalue weighted by molar-refractivity contribution is 6.37. The van der Waals surface area contributed by atoms with E-state index in [-0.39, 0.29) is 22.4 Å². The van der Waals surface area contributed by atoms with Gasteiger partial charge in [0.1, 0.15) is 6.61 Å². The molecule has 10 heteroatoms. The quantitative estimate of drug-likeness (QED) is 0.320. The third-order valence-corrected chi connectivity index (χ3v) is 7.48. The van der Waals surface area contributed by atoms with Gasteiger partial charge in [0.25, 0.3) is 11.9 Å². The summed E-state index contributed by atoms with van der Waals surface area (Å²) in [6, 6.07) is 15.7. The Hall–Kier alpha value is -2.84. The Kier molecular flexibility index (Phi) is 6.13. The van der Waals surface area contributed by atoms with Gasteiger partial charge in [0.05, 0.1) is 16.0 Å². The minimum absolute atomic E-state index is 0.217. The summed E-state index contributed by atoms with van der Waals surface area (Å²) in [5, 5.41) is 19.6. The van der Waals surface area contributed by atoms with Crippen molar-refractivity contribution in [1.82, 2.24) is 5.32 Å². The van der Waals surface area contributed by atoms with Crippen molar-refractivity contribution in [2.75, 3.05) is 5.32 Å². The summed E-state index contributed by atoms with van der Waals surface area (Å²) < 4.78 is 5.85. The standard InChI is InChI=1S/C25H20Cl3N3O4/c1-13-21(23(31(33)34)25(30-13)17-4-2-3-5-20(17)29-24(25)32)15-10-18(27)22(19(28)11-15)35-12-14-6-8-16(26)9-7-14/h2-11,13,21,23,30H,12H2,1H3,(H,29,32)/t13-,21-,23-,25-/m0/s1. The summed E-state index contributed by atoms with van der Waals surface area (Å²) in [4.78, 5) is 25.2. The first kappa shape index (κ1) is 23.9. The minimum atomic E-state index is -1.51. The van der Waals surface area contributed by atoms with Crippen LogP contribution in [0.4, 0.5) is 5.69 Å². The van der Waals surface area contributed by atoms with Crippen LogP contribution in [0, 0.1) is 10.1 Å². The van der Waals surface area contributed by atoms with E-state index in [1.807, 2.05) is 19.1 Å². The molecule has 1 saturated heterocycles. The molecule has 0 aromatic heterocycles. The highest BCUT2D eigenvalue weighted by Gasteiger charge is 2.67. The van der Waals surface area contributed by atoms with Gasteiger partial charge in [-0.15, -0.1) is 0 Å². The van der Waals surface area contributed by atoms with Crippen molar-refractivity contribution < 1.29 is 14.5 Å². The number of rotatable bonds is 5. The first-order valence-electron chi connectivity index (χ1n) is 10.9. The van der Waals surface area contributed by atoms with Crippen molar-refractivity contribution in [3.63, 3.8) is 0 Å². The monoisotopic (exact) mass is 531 g/mol. The number of anilines is 1. The molecule has 7 nitrogen and oxygen atoms in total. The Morgan fingerprint density at radius 2 is 1.71 bits per heavy atom. The molecule has 2 aliphatic heterocycles. The van der Waals surface area contributed by atoms with Crippen molar-refractivity contribution in [3.8, 4) is 5.75 Å². The molecule has 1 spiro atoms. The predicted octanol–water partition coefficient (Wildman–Crippen LogP) is 5.79. The number of amides is 1. The summed E-state index contributed by atoms with van der Waals surface area (Å²) in [5.74, 6) is -0.848. The molecule has 35 heavy (non-hydrogen) atoms. The smallest absolute Gasteiger partial charge is 0.256 e. The van der Waals surface area contributed by atoms with Gasteiger partial charge in [0.15, 0.2) is 11.3 Å². The number of ether oxygens (including phenoxy) is 1. The molecule has 180 valence electrons. The zero-order valence-electron chi connectivity index (χ0n) is 18.4. The molecular weight excluding hydrogens is 513 g/mol. The fourth-order valence-electron chi connectivity index (χ4n) is 5.20. The number of nitro groups is 1. The van der Waals surface area contributed by atoms with Crippen molar-refractivity contribution in [3.05, 3.63) is 103 Å². The SMILES string of the molecule is C[C@@H]1N[C@]2(C(=O)Nc3ccccc32)[C@@H]([N+](=O)[O-])[C@@H]1c1cc(Cl)c(OCc2ccc(Cl)cc2)c(Cl)c1. The Morgan fingerprint density at radius 1 is 1.06 bits per heavy atom. The van der Waals surface area contributed by atoms with Gasteiger partial charge in [-0.3, -0.25) is 20.2 Å². The number of halogens is 3. The average Bonchev–Trinajstić information content (AvgIpc) is 3.28. The number of carbonyl (C=O) groups excluding carboxylic acids is 1. The van der Waals surface area contributed by atoms with Crippen LogP contribution in [0.15, 0.2) is 60.7 Å². The lowest BCUT2D eigenvalue weighted by Gasteiger charge is -2.25. The van der Waals surface area contributed by atoms with Gasteiger partial charge in [-0.25, -0.2) is 0 Å². The molecule has 0 unspecified atom stereocenters. The summed E-state index contributed by atoms with van der Waals surface area (Å²) in [6.45, 7) is 2.03. The van der Waals surface area contributed by atoms with Crippen LogP contribution < -0.4 is 15.4 Å². The normalized spacial score (nSPS) is 24.9. The molecular formula is C25H20Cl3N3O4. The van der Waals surface area contributed by atoms with Crippen molar-refractivity contribution in [1.29, 1.82) is 0 Å². The first-order chi connectivity index (χ1) is 16.7. The molecule has 3 aromatic carbocycles. The molecule has 3 aromatic rings. The lowest BCUT2D eigenvalue weighted by molar-refractivity contribution is -0.532. The second kappa shape index (κ2) is 8.99. The molecule has 1 fully saturated rings. The van der Waals surface area contributed by atoms with E-state index in [9.17, 15) is 14.9 Å². The van der Waals surface area contributed by atoms with E-state index in [0.29, 0.717) is 21.8 Å². The van der Waals surface area contributed by atoms with Crippen LogP contribution in [-0.4, -0.2) is 22.9 Å². The third kappa shape index (κ3) is 3.93. The molecule has 0 bridgehead atoms. The number of nitrogens with one attached hydrogen (secondary N) is 2. The molecule has 2 N–H and O–H groups in total. The molecule has 2 aliphatic rings. The van der Waals surface area contributed by atoms with E-state index >= 15 is 0 Å². The number of benzene rings is 3. The largest absolute Gasteiger partial charge is 0.486 e. The molecule has 0 aliphatic carbocycles. The van der Waals surface area contributed by atoms with Crippen LogP contribution >= 0.6 is 34.8 Å². The van der Waals surface area contributed by atoms with E-state index in [4.69, 9.17) is 39.5 Å². The van der Waals surface area contributed by atoms with Crippen LogP contribution in [0.1, 0.15) is 29.5 Å². The zero-order valence-corrected chi connectivity index (χ0v) is 20.7. The van der Waals surface area contributed by atoms with Crippen LogP contribution in [0.25, 0.3) is 0 Å². The van der Waals surface area contributed by atoms with E-state index in [2.05, 4.69) is 10.6 Å². The molecule has 1 amide bonds. The van der Waals surface area contributed by atoms with Crippen molar-refractivity contribution >= 4 is 46.4 Å². The van der Waals surface area contributed by atoms with E-state index in [1.54, 1.807) is 48.5 Å². The minimum Gasteiger partial charge on any atom is -0.486 e. The van der Waals surface area contributed by atoms with Gasteiger partial charge in [-0.05, 0) is 48.4 Å². The summed E-state index contributed by atoms with van der Waals surface area (Å²) >= 11 is 19.0. The van der Waals surface area contributed by atoms with Gasteiger partial charge in [0, 0.05) is 27.2 Å². The molecule has 4 atom stereocenters. The summed E-state index contributed by atoms with van der Waals surface area (Å²) in [7, 11) is 0. The number of nitrogens with zero attached hydrogens (tertiary/aromatic N) is 1. The second-order valence-electron chi connectivity index (χ2n) is 8.73. The zero-order chi connectivity index (χ0) is 24.9. The predicted molar refractivity (Wildman–Crippen MR) is 135 cm³/mol. The Balaban J connectivity index is 1.50. The maximum atomic E-state index is 13.2. The molecule has 0 saturated carbocycles. The van der Waals surface area contributed by atoms with Crippen LogP contribution in [0.5, 0.6) is 5.75 Å². The highest BCUT2D eigenvalue weighted by atomic mass is 35.5. The number of hydrogen-bond acceptors (Lipinski definition) is 5. The highest BCUT2D eigenvalue weighted by Crippen LogP contribution is 2.50. The van der Waals surface area contributed by atoms with E-state index in [0.717, 1.165) is 5.56 Å². The lowest BCUT2D eigenvalue weighted by Crippen LogP contribution is -2.54. The molecule has 0 radical (unpaired) electrons. The molecule has 2 heterocycles. The van der Waals surface area contributed by atoms with Crippen molar-refractivity contribution in [2.45, 2.75) is 37.1 Å². The average molecular weight is 533 g/mol. The van der Waals surface area contributed by atoms with Gasteiger partial charge >= 0.3 is 0 Å². The van der Waals surface area contributed by atoms with Gasteiger partial charge in [-0.2, -0.15) is 0 Å². The number of carbonyl (C=O) groups is 1. The number of hydrogen-bond donors (Lipinski definition) is 2. The summed E-state index contributed by atoms with van der Waals surface area (Å²) in [6.07, 6.45) is 0. The fourth-order valence-corrected chi connectivity index (χ4v) is 5.94.